The van der Waals surface area contributed by atoms with Crippen molar-refractivity contribution in [1.29, 1.82) is 0 Å². The summed E-state index contributed by atoms with van der Waals surface area (Å²) in [6, 6.07) is 12.9. The largest absolute Gasteiger partial charge is 4.00 e. The van der Waals surface area contributed by atoms with Gasteiger partial charge in [-0.1, -0.05) is 39.5 Å². The first-order valence-corrected chi connectivity index (χ1v) is 6.19. The van der Waals surface area contributed by atoms with E-state index in [1.165, 1.54) is 36.8 Å². The first kappa shape index (κ1) is 21.5. The molecule has 0 amide bonds. The molecule has 1 aliphatic carbocycles. The molecule has 19 heavy (non-hydrogen) atoms. The molecule has 0 aromatic heterocycles. The van der Waals surface area contributed by atoms with Crippen LogP contribution in [0.15, 0.2) is 36.4 Å². The summed E-state index contributed by atoms with van der Waals surface area (Å²) in [5.74, 6) is 0. The smallest absolute Gasteiger partial charge is 1.00 e. The topological polar surface area (TPSA) is 0 Å². The molecule has 0 unspecified atom stereocenters. The molecule has 0 fully saturated rings. The molecule has 0 saturated carbocycles. The fourth-order valence-electron chi connectivity index (χ4n) is 2.34. The molecule has 0 aliphatic heterocycles. The third-order valence-electron chi connectivity index (χ3n) is 3.19. The zero-order valence-electron chi connectivity index (χ0n) is 11.5. The van der Waals surface area contributed by atoms with Gasteiger partial charge in [-0.05, 0) is 0 Å². The zero-order valence-corrected chi connectivity index (χ0v) is 15.5. The van der Waals surface area contributed by atoms with Gasteiger partial charge in [0.15, 0.2) is 0 Å². The average molecular weight is 374 g/mol. The van der Waals surface area contributed by atoms with Crippen LogP contribution in [0.1, 0.15) is 35.1 Å². The second-order valence-corrected chi connectivity index (χ2v) is 4.75. The van der Waals surface area contributed by atoms with E-state index in [1.54, 1.807) is 11.1 Å². The van der Waals surface area contributed by atoms with Crippen molar-refractivity contribution in [2.24, 2.45) is 0 Å². The summed E-state index contributed by atoms with van der Waals surface area (Å²) >= 11 is 0. The summed E-state index contributed by atoms with van der Waals surface area (Å²) in [5, 5.41) is 0. The van der Waals surface area contributed by atoms with Gasteiger partial charge in [0, 0.05) is 0 Å². The Hall–Kier alpha value is 0.163. The molecule has 3 heteroatoms. The van der Waals surface area contributed by atoms with Gasteiger partial charge in [-0.3, -0.25) is 0 Å². The maximum Gasteiger partial charge on any atom is 4.00 e. The van der Waals surface area contributed by atoms with Gasteiger partial charge in [0.1, 0.15) is 0 Å². The van der Waals surface area contributed by atoms with Gasteiger partial charge in [0.05, 0.1) is 0 Å². The molecule has 0 radical (unpaired) electrons. The van der Waals surface area contributed by atoms with Crippen LogP contribution >= 0.6 is 0 Å². The number of rotatable bonds is 0. The van der Waals surface area contributed by atoms with Crippen molar-refractivity contribution in [3.05, 3.63) is 58.7 Å². The molecule has 3 rings (SSSR count). The maximum absolute atomic E-state index is 2.34. The molecule has 0 saturated heterocycles. The third-order valence-corrected chi connectivity index (χ3v) is 3.19. The maximum atomic E-state index is 2.34. The summed E-state index contributed by atoms with van der Waals surface area (Å²) in [4.78, 5) is 0. The number of fused-ring (bicyclic) bond motifs is 1. The minimum atomic E-state index is 0. The standard InChI is InChI=1S/C10H13.C6H7.2ClH.Zr/c1-8-6-9-4-2-3-5-10(9)7-8;1-6-4-2-3-5-6;;;/h6-7H,2-5H2,1H3;2-5H,1H3;2*1H;/q2*-1;;;+4/p-2. The zero-order chi connectivity index (χ0) is 11.4. The molecule has 0 bridgehead atoms. The Balaban J connectivity index is 0. The Bertz CT molecular complexity index is 406. The Kier molecular flexibility index (Phi) is 12.3. The van der Waals surface area contributed by atoms with Crippen molar-refractivity contribution >= 4 is 0 Å². The fourth-order valence-corrected chi connectivity index (χ4v) is 2.34. The Labute approximate surface area is 148 Å². The van der Waals surface area contributed by atoms with E-state index >= 15 is 0 Å². The number of hydrogen-bond donors (Lipinski definition) is 0. The Morgan fingerprint density at radius 3 is 2.11 bits per heavy atom. The molecule has 1 aliphatic rings. The van der Waals surface area contributed by atoms with Crippen LogP contribution in [0.2, 0.25) is 0 Å². The van der Waals surface area contributed by atoms with Crippen LogP contribution in [-0.4, -0.2) is 0 Å². The van der Waals surface area contributed by atoms with Crippen molar-refractivity contribution in [3.8, 4) is 0 Å². The van der Waals surface area contributed by atoms with Crippen LogP contribution in [0, 0.1) is 13.8 Å². The van der Waals surface area contributed by atoms with E-state index in [4.69, 9.17) is 0 Å². The fraction of sp³-hybridized carbons (Fsp3) is 0.375. The first-order valence-electron chi connectivity index (χ1n) is 6.19. The van der Waals surface area contributed by atoms with Gasteiger partial charge < -0.3 is 24.8 Å². The molecule has 0 atom stereocenters. The van der Waals surface area contributed by atoms with E-state index in [0.717, 1.165) is 0 Å². The molecule has 2 aromatic rings. The van der Waals surface area contributed by atoms with Crippen LogP contribution in [-0.2, 0) is 39.0 Å². The Morgan fingerprint density at radius 1 is 1.05 bits per heavy atom. The van der Waals surface area contributed by atoms with Gasteiger partial charge in [0.2, 0.25) is 0 Å². The molecule has 0 heterocycles. The number of hydrogen-bond acceptors (Lipinski definition) is 0. The van der Waals surface area contributed by atoms with E-state index in [9.17, 15) is 0 Å². The van der Waals surface area contributed by atoms with E-state index in [1.807, 2.05) is 12.1 Å². The van der Waals surface area contributed by atoms with Crippen molar-refractivity contribution in [1.82, 2.24) is 0 Å². The van der Waals surface area contributed by atoms with E-state index in [0.29, 0.717) is 0 Å². The van der Waals surface area contributed by atoms with Crippen LogP contribution in [0.4, 0.5) is 0 Å². The van der Waals surface area contributed by atoms with E-state index in [2.05, 4.69) is 38.1 Å². The van der Waals surface area contributed by atoms with Crippen molar-refractivity contribution in [2.45, 2.75) is 39.5 Å². The third kappa shape index (κ3) is 6.93. The minimum absolute atomic E-state index is 0. The van der Waals surface area contributed by atoms with Gasteiger partial charge in [-0.25, -0.2) is 18.2 Å². The Morgan fingerprint density at radius 2 is 1.63 bits per heavy atom. The summed E-state index contributed by atoms with van der Waals surface area (Å²) in [5.41, 5.74) is 6.02. The predicted molar refractivity (Wildman–Crippen MR) is 70.2 cm³/mol. The summed E-state index contributed by atoms with van der Waals surface area (Å²) < 4.78 is 0. The van der Waals surface area contributed by atoms with Crippen molar-refractivity contribution < 1.29 is 51.0 Å². The van der Waals surface area contributed by atoms with Crippen molar-refractivity contribution in [2.75, 3.05) is 0 Å². The van der Waals surface area contributed by atoms with E-state index in [-0.39, 0.29) is 51.0 Å². The second kappa shape index (κ2) is 10.9. The van der Waals surface area contributed by atoms with E-state index < -0.39 is 0 Å². The van der Waals surface area contributed by atoms with Crippen LogP contribution in [0.5, 0.6) is 0 Å². The normalized spacial score (nSPS) is 11.7. The van der Waals surface area contributed by atoms with Crippen LogP contribution in [0.25, 0.3) is 0 Å². The molecule has 102 valence electrons. The molecular formula is C16H20Cl2Zr. The summed E-state index contributed by atoms with van der Waals surface area (Å²) in [6.07, 6.45) is 5.44. The SMILES string of the molecule is C[c-]1cccc1.Cc1cc2c([cH-]1)CCCC2.[Cl-].[Cl-].[Zr+4]. The van der Waals surface area contributed by atoms with Gasteiger partial charge in [-0.15, -0.1) is 0 Å². The predicted octanol–water partition coefficient (Wildman–Crippen LogP) is -1.69. The quantitative estimate of drug-likeness (QED) is 0.483. The average Bonchev–Trinajstić information content (AvgIpc) is 2.86. The molecular weight excluding hydrogens is 354 g/mol. The van der Waals surface area contributed by atoms with Gasteiger partial charge in [0.25, 0.3) is 0 Å². The van der Waals surface area contributed by atoms with Gasteiger partial charge in [-0.2, -0.15) is 40.5 Å². The first-order chi connectivity index (χ1) is 7.75. The summed E-state index contributed by atoms with van der Waals surface area (Å²) in [7, 11) is 0. The van der Waals surface area contributed by atoms with Crippen LogP contribution < -0.4 is 24.8 Å². The number of aryl methyl sites for hydroxylation is 4. The molecule has 0 nitrogen and oxygen atoms in total. The molecule has 0 N–H and O–H groups in total. The number of halogens is 2. The summed E-state index contributed by atoms with van der Waals surface area (Å²) in [6.45, 7) is 4.28. The van der Waals surface area contributed by atoms with Crippen LogP contribution in [0.3, 0.4) is 0 Å². The monoisotopic (exact) mass is 372 g/mol. The second-order valence-electron chi connectivity index (χ2n) is 4.75. The molecule has 0 spiro atoms. The van der Waals surface area contributed by atoms with Gasteiger partial charge >= 0.3 is 26.2 Å². The minimum Gasteiger partial charge on any atom is -1.00 e. The van der Waals surface area contributed by atoms with Crippen molar-refractivity contribution in [3.63, 3.8) is 0 Å². The molecule has 2 aromatic carbocycles.